The topological polar surface area (TPSA) is 70.5 Å². The van der Waals surface area contributed by atoms with Crippen molar-refractivity contribution < 1.29 is 22.8 Å². The molecule has 1 fully saturated rings. The Morgan fingerprint density at radius 3 is 2.28 bits per heavy atom. The number of carbonyl (C=O) groups excluding carboxylic acids is 2. The van der Waals surface area contributed by atoms with E-state index in [4.69, 9.17) is 0 Å². The van der Waals surface area contributed by atoms with E-state index in [1.807, 2.05) is 32.7 Å². The molecule has 3 heterocycles. The summed E-state index contributed by atoms with van der Waals surface area (Å²) in [7, 11) is 1.90. The molecular weight excluding hydrogens is 471 g/mol. The van der Waals surface area contributed by atoms with Crippen LogP contribution in [0.3, 0.4) is 0 Å². The van der Waals surface area contributed by atoms with E-state index < -0.39 is 34.8 Å². The fourth-order valence-electron chi connectivity index (χ4n) is 4.95. The summed E-state index contributed by atoms with van der Waals surface area (Å²) in [6.45, 7) is 8.53. The second kappa shape index (κ2) is 10.2. The Morgan fingerprint density at radius 2 is 1.61 bits per heavy atom. The molecule has 1 atom stereocenters. The fourth-order valence-corrected chi connectivity index (χ4v) is 4.95. The molecule has 0 spiro atoms. The molecule has 0 unspecified atom stereocenters. The summed E-state index contributed by atoms with van der Waals surface area (Å²) in [6.07, 6.45) is 3.65. The van der Waals surface area contributed by atoms with E-state index in [2.05, 4.69) is 10.3 Å². The summed E-state index contributed by atoms with van der Waals surface area (Å²) < 4.78 is 44.1. The van der Waals surface area contributed by atoms with E-state index in [1.54, 1.807) is 9.47 Å². The van der Waals surface area contributed by atoms with E-state index in [0.29, 0.717) is 44.4 Å². The zero-order chi connectivity index (χ0) is 26.2. The molecule has 10 heteroatoms. The highest BCUT2D eigenvalue weighted by molar-refractivity contribution is 5.98. The molecule has 2 aromatic rings. The second-order valence-corrected chi connectivity index (χ2v) is 10.9. The lowest BCUT2D eigenvalue weighted by Crippen LogP contribution is -2.55. The Bertz CT molecular complexity index is 1150. The standard InChI is InChI=1S/C26H34F3N5O2/c1-26(2,3)22(25(36)33-10-6-5-7-11-33)31-24(35)21-20-15-32(4)9-8-12-34(20)23(30-21)16-13-18(28)19(29)14-17(16)27/h13-14,22H,5-12,15H2,1-4H3,(H,31,35)/t22-/m1/s1. The summed E-state index contributed by atoms with van der Waals surface area (Å²) in [5.41, 5.74) is -0.170. The number of carbonyl (C=O) groups is 2. The number of hydrogen-bond donors (Lipinski definition) is 1. The molecule has 0 radical (unpaired) electrons. The molecular formula is C26H34F3N5O2. The zero-order valence-electron chi connectivity index (χ0n) is 21.3. The molecule has 0 bridgehead atoms. The van der Waals surface area contributed by atoms with Crippen molar-refractivity contribution >= 4 is 11.8 Å². The van der Waals surface area contributed by atoms with Gasteiger partial charge in [-0.2, -0.15) is 0 Å². The molecule has 7 nitrogen and oxygen atoms in total. The van der Waals surface area contributed by atoms with E-state index in [1.165, 1.54) is 0 Å². The number of aromatic nitrogens is 2. The molecule has 2 amide bonds. The minimum Gasteiger partial charge on any atom is -0.341 e. The van der Waals surface area contributed by atoms with Crippen molar-refractivity contribution in [3.63, 3.8) is 0 Å². The van der Waals surface area contributed by atoms with Crippen LogP contribution in [0, 0.1) is 22.9 Å². The molecule has 2 aliphatic heterocycles. The number of rotatable bonds is 4. The van der Waals surface area contributed by atoms with Gasteiger partial charge in [-0.3, -0.25) is 9.59 Å². The van der Waals surface area contributed by atoms with Gasteiger partial charge < -0.3 is 19.7 Å². The van der Waals surface area contributed by atoms with Gasteiger partial charge in [0.2, 0.25) is 5.91 Å². The first-order chi connectivity index (χ1) is 17.0. The Morgan fingerprint density at radius 1 is 0.944 bits per heavy atom. The smallest absolute Gasteiger partial charge is 0.272 e. The molecule has 1 aromatic heterocycles. The first-order valence-electron chi connectivity index (χ1n) is 12.5. The molecule has 0 saturated carbocycles. The Hall–Kier alpha value is -2.88. The number of nitrogens with zero attached hydrogens (tertiary/aromatic N) is 4. The molecule has 36 heavy (non-hydrogen) atoms. The van der Waals surface area contributed by atoms with Gasteiger partial charge in [0.25, 0.3) is 5.91 Å². The van der Waals surface area contributed by atoms with Crippen LogP contribution in [0.5, 0.6) is 0 Å². The van der Waals surface area contributed by atoms with Crippen LogP contribution in [-0.4, -0.2) is 63.9 Å². The third-order valence-corrected chi connectivity index (χ3v) is 6.94. The van der Waals surface area contributed by atoms with Crippen molar-refractivity contribution in [2.24, 2.45) is 5.41 Å². The third-order valence-electron chi connectivity index (χ3n) is 6.94. The van der Waals surface area contributed by atoms with E-state index in [9.17, 15) is 22.8 Å². The van der Waals surface area contributed by atoms with Crippen molar-refractivity contribution in [3.8, 4) is 11.4 Å². The number of likely N-dealkylation sites (tertiary alicyclic amines) is 1. The predicted octanol–water partition coefficient (Wildman–Crippen LogP) is 3.96. The zero-order valence-corrected chi connectivity index (χ0v) is 21.3. The van der Waals surface area contributed by atoms with Gasteiger partial charge in [0.15, 0.2) is 17.3 Å². The summed E-state index contributed by atoms with van der Waals surface area (Å²) in [4.78, 5) is 35.3. The van der Waals surface area contributed by atoms with Gasteiger partial charge in [0.1, 0.15) is 17.7 Å². The van der Waals surface area contributed by atoms with Crippen molar-refractivity contribution in [2.45, 2.75) is 65.6 Å². The summed E-state index contributed by atoms with van der Waals surface area (Å²) >= 11 is 0. The van der Waals surface area contributed by atoms with Crippen LogP contribution in [0.25, 0.3) is 11.4 Å². The maximum Gasteiger partial charge on any atom is 0.272 e. The highest BCUT2D eigenvalue weighted by atomic mass is 19.2. The van der Waals surface area contributed by atoms with Gasteiger partial charge in [-0.05, 0) is 50.8 Å². The third kappa shape index (κ3) is 5.28. The van der Waals surface area contributed by atoms with Crippen LogP contribution in [0.2, 0.25) is 0 Å². The number of amides is 2. The van der Waals surface area contributed by atoms with E-state index >= 15 is 0 Å². The quantitative estimate of drug-likeness (QED) is 0.639. The van der Waals surface area contributed by atoms with Crippen LogP contribution in [0.1, 0.15) is 62.6 Å². The number of imidazole rings is 1. The maximum absolute atomic E-state index is 14.7. The Kier molecular flexibility index (Phi) is 7.45. The molecule has 1 aromatic carbocycles. The number of fused-ring (bicyclic) bond motifs is 1. The number of piperidine rings is 1. The van der Waals surface area contributed by atoms with E-state index in [-0.39, 0.29) is 23.0 Å². The monoisotopic (exact) mass is 505 g/mol. The number of halogens is 3. The minimum atomic E-state index is -1.29. The fraction of sp³-hybridized carbons (Fsp3) is 0.577. The SMILES string of the molecule is CN1CCCn2c(-c3cc(F)c(F)cc3F)nc(C(=O)N[C@H](C(=O)N3CCCCC3)C(C)(C)C)c2C1. The first-order valence-corrected chi connectivity index (χ1v) is 12.5. The van der Waals surface area contributed by atoms with Gasteiger partial charge in [-0.25, -0.2) is 18.2 Å². The lowest BCUT2D eigenvalue weighted by Gasteiger charge is -2.36. The maximum atomic E-state index is 14.7. The molecule has 0 aliphatic carbocycles. The minimum absolute atomic E-state index is 0.0589. The second-order valence-electron chi connectivity index (χ2n) is 10.9. The van der Waals surface area contributed by atoms with Crippen LogP contribution in [0.4, 0.5) is 13.2 Å². The van der Waals surface area contributed by atoms with E-state index in [0.717, 1.165) is 31.9 Å². The molecule has 1 N–H and O–H groups in total. The van der Waals surface area contributed by atoms with Crippen LogP contribution < -0.4 is 5.32 Å². The lowest BCUT2D eigenvalue weighted by atomic mass is 9.85. The lowest BCUT2D eigenvalue weighted by molar-refractivity contribution is -0.136. The predicted molar refractivity (Wildman–Crippen MR) is 130 cm³/mol. The van der Waals surface area contributed by atoms with Gasteiger partial charge in [-0.15, -0.1) is 0 Å². The molecule has 196 valence electrons. The summed E-state index contributed by atoms with van der Waals surface area (Å²) in [5, 5.41) is 2.90. The Labute approximate surface area is 209 Å². The van der Waals surface area contributed by atoms with Crippen molar-refractivity contribution in [1.82, 2.24) is 24.7 Å². The average molecular weight is 506 g/mol. The largest absolute Gasteiger partial charge is 0.341 e. The molecule has 4 rings (SSSR count). The first kappa shape index (κ1) is 26.2. The summed E-state index contributed by atoms with van der Waals surface area (Å²) in [5.74, 6) is -4.06. The van der Waals surface area contributed by atoms with Gasteiger partial charge in [0.05, 0.1) is 11.3 Å². The number of hydrogen-bond acceptors (Lipinski definition) is 4. The van der Waals surface area contributed by atoms with Crippen LogP contribution >= 0.6 is 0 Å². The Balaban J connectivity index is 1.74. The summed E-state index contributed by atoms with van der Waals surface area (Å²) in [6, 6.07) is 0.475. The highest BCUT2D eigenvalue weighted by Crippen LogP contribution is 2.30. The molecule has 1 saturated heterocycles. The van der Waals surface area contributed by atoms with Crippen LogP contribution in [0.15, 0.2) is 12.1 Å². The van der Waals surface area contributed by atoms with Gasteiger partial charge >= 0.3 is 0 Å². The number of nitrogens with one attached hydrogen (secondary N) is 1. The van der Waals surface area contributed by atoms with Crippen molar-refractivity contribution in [3.05, 3.63) is 41.0 Å². The normalized spacial score (nSPS) is 17.9. The molecule has 2 aliphatic rings. The number of benzene rings is 1. The highest BCUT2D eigenvalue weighted by Gasteiger charge is 2.38. The van der Waals surface area contributed by atoms with Gasteiger partial charge in [0, 0.05) is 32.2 Å². The van der Waals surface area contributed by atoms with Crippen molar-refractivity contribution in [1.29, 1.82) is 0 Å². The van der Waals surface area contributed by atoms with Crippen molar-refractivity contribution in [2.75, 3.05) is 26.7 Å². The van der Waals surface area contributed by atoms with Gasteiger partial charge in [-0.1, -0.05) is 20.8 Å². The van der Waals surface area contributed by atoms with Crippen LogP contribution in [-0.2, 0) is 17.9 Å². The average Bonchev–Trinajstić information content (AvgIpc) is 3.05.